The van der Waals surface area contributed by atoms with Crippen molar-refractivity contribution in [1.82, 2.24) is 0 Å². The van der Waals surface area contributed by atoms with Crippen LogP contribution in [0.1, 0.15) is 51.9 Å². The second-order valence-corrected chi connectivity index (χ2v) is 6.53. The molecule has 16 heavy (non-hydrogen) atoms. The van der Waals surface area contributed by atoms with Crippen molar-refractivity contribution in [1.29, 1.82) is 0 Å². The van der Waals surface area contributed by atoms with E-state index in [0.29, 0.717) is 12.2 Å². The quantitative estimate of drug-likeness (QED) is 0.693. The van der Waals surface area contributed by atoms with Crippen molar-refractivity contribution in [2.45, 2.75) is 64.1 Å². The molecule has 0 heterocycles. The Morgan fingerprint density at radius 2 is 2.00 bits per heavy atom. The largest absolute Gasteiger partial charge is 0.375 e. The second kappa shape index (κ2) is 6.30. The summed E-state index contributed by atoms with van der Waals surface area (Å²) in [5, 5.41) is 0. The lowest BCUT2D eigenvalue weighted by Gasteiger charge is -2.26. The van der Waals surface area contributed by atoms with Crippen molar-refractivity contribution < 1.29 is 4.74 Å². The molecule has 0 aliphatic heterocycles. The maximum absolute atomic E-state index is 6.22. The molecule has 0 aromatic carbocycles. The van der Waals surface area contributed by atoms with Crippen LogP contribution >= 0.6 is 11.8 Å². The first-order valence-corrected chi connectivity index (χ1v) is 8.35. The average Bonchev–Trinajstić information content (AvgIpc) is 3.07. The van der Waals surface area contributed by atoms with E-state index in [4.69, 9.17) is 4.74 Å². The molecule has 2 rings (SSSR count). The van der Waals surface area contributed by atoms with Crippen molar-refractivity contribution in [2.24, 2.45) is 11.8 Å². The average molecular weight is 242 g/mol. The molecule has 94 valence electrons. The number of ether oxygens (including phenoxy) is 1. The zero-order valence-corrected chi connectivity index (χ0v) is 11.6. The molecule has 0 radical (unpaired) electrons. The number of thioether (sulfide) groups is 1. The first kappa shape index (κ1) is 12.8. The number of rotatable bonds is 6. The molecule has 0 aromatic rings. The van der Waals surface area contributed by atoms with Gasteiger partial charge in [0.15, 0.2) is 0 Å². The summed E-state index contributed by atoms with van der Waals surface area (Å²) in [7, 11) is 0. The van der Waals surface area contributed by atoms with Crippen LogP contribution in [0.5, 0.6) is 0 Å². The summed E-state index contributed by atoms with van der Waals surface area (Å²) < 4.78 is 6.22. The molecule has 2 aliphatic carbocycles. The zero-order valence-electron chi connectivity index (χ0n) is 10.8. The fourth-order valence-electron chi connectivity index (χ4n) is 3.05. The van der Waals surface area contributed by atoms with E-state index < -0.39 is 0 Å². The topological polar surface area (TPSA) is 9.23 Å². The van der Waals surface area contributed by atoms with Gasteiger partial charge < -0.3 is 4.74 Å². The van der Waals surface area contributed by atoms with Gasteiger partial charge in [-0.2, -0.15) is 11.8 Å². The molecule has 0 N–H and O–H groups in total. The van der Waals surface area contributed by atoms with Gasteiger partial charge in [-0.15, -0.1) is 0 Å². The highest BCUT2D eigenvalue weighted by atomic mass is 32.2. The Bertz CT molecular complexity index is 201. The highest BCUT2D eigenvalue weighted by Gasteiger charge is 2.41. The van der Waals surface area contributed by atoms with Crippen LogP contribution in [0.4, 0.5) is 0 Å². The monoisotopic (exact) mass is 242 g/mol. The van der Waals surface area contributed by atoms with Crippen LogP contribution in [0.15, 0.2) is 0 Å². The standard InChI is InChI=1S/C14H26OS/c1-11(14-10-12(14)8-9-16-2)15-13-6-4-3-5-7-13/h11-14H,3-10H2,1-2H3/t11?,12-,14?/m1/s1. The van der Waals surface area contributed by atoms with E-state index in [-0.39, 0.29) is 0 Å². The minimum absolute atomic E-state index is 0.523. The summed E-state index contributed by atoms with van der Waals surface area (Å²) in [6.45, 7) is 2.30. The van der Waals surface area contributed by atoms with Crippen molar-refractivity contribution in [3.63, 3.8) is 0 Å². The summed E-state index contributed by atoms with van der Waals surface area (Å²) >= 11 is 1.98. The fraction of sp³-hybridized carbons (Fsp3) is 1.00. The van der Waals surface area contributed by atoms with E-state index >= 15 is 0 Å². The van der Waals surface area contributed by atoms with E-state index in [0.717, 1.165) is 11.8 Å². The van der Waals surface area contributed by atoms with E-state index in [9.17, 15) is 0 Å². The van der Waals surface area contributed by atoms with Crippen LogP contribution in [-0.4, -0.2) is 24.2 Å². The molecule has 0 saturated heterocycles. The van der Waals surface area contributed by atoms with Crippen LogP contribution in [0, 0.1) is 11.8 Å². The predicted octanol–water partition coefficient (Wildman–Crippen LogP) is 4.11. The van der Waals surface area contributed by atoms with Gasteiger partial charge in [0.05, 0.1) is 12.2 Å². The minimum Gasteiger partial charge on any atom is -0.375 e. The Labute approximate surface area is 105 Å². The Morgan fingerprint density at radius 1 is 1.25 bits per heavy atom. The first-order chi connectivity index (χ1) is 7.81. The molecule has 2 unspecified atom stereocenters. The molecule has 2 fully saturated rings. The summed E-state index contributed by atoms with van der Waals surface area (Å²) in [6, 6.07) is 0. The first-order valence-electron chi connectivity index (χ1n) is 6.95. The van der Waals surface area contributed by atoms with Crippen molar-refractivity contribution in [2.75, 3.05) is 12.0 Å². The summed E-state index contributed by atoms with van der Waals surface area (Å²) in [5.74, 6) is 3.19. The van der Waals surface area contributed by atoms with Gasteiger partial charge in [-0.1, -0.05) is 19.3 Å². The highest BCUT2D eigenvalue weighted by Crippen LogP contribution is 2.45. The van der Waals surface area contributed by atoms with Gasteiger partial charge in [-0.3, -0.25) is 0 Å². The maximum Gasteiger partial charge on any atom is 0.0581 e. The molecule has 2 heteroatoms. The SMILES string of the molecule is CSCC[C@@H]1CC1C(C)OC1CCCCC1. The smallest absolute Gasteiger partial charge is 0.0581 e. The van der Waals surface area contributed by atoms with E-state index in [1.165, 1.54) is 50.7 Å². The van der Waals surface area contributed by atoms with E-state index in [1.54, 1.807) is 0 Å². The van der Waals surface area contributed by atoms with Crippen molar-refractivity contribution in [3.8, 4) is 0 Å². The Kier molecular flexibility index (Phi) is 5.02. The lowest BCUT2D eigenvalue weighted by molar-refractivity contribution is -0.0330. The highest BCUT2D eigenvalue weighted by molar-refractivity contribution is 7.98. The fourth-order valence-corrected chi connectivity index (χ4v) is 3.59. The van der Waals surface area contributed by atoms with Crippen LogP contribution in [-0.2, 0) is 4.74 Å². The molecule has 2 saturated carbocycles. The van der Waals surface area contributed by atoms with E-state index in [1.807, 2.05) is 11.8 Å². The molecule has 3 atom stereocenters. The third kappa shape index (κ3) is 3.66. The maximum atomic E-state index is 6.22. The minimum atomic E-state index is 0.523. The molecular formula is C14H26OS. The number of hydrogen-bond acceptors (Lipinski definition) is 2. The van der Waals surface area contributed by atoms with Gasteiger partial charge in [0.25, 0.3) is 0 Å². The van der Waals surface area contributed by atoms with Gasteiger partial charge in [0.1, 0.15) is 0 Å². The van der Waals surface area contributed by atoms with Gasteiger partial charge in [-0.25, -0.2) is 0 Å². The van der Waals surface area contributed by atoms with Crippen LogP contribution < -0.4 is 0 Å². The zero-order chi connectivity index (χ0) is 11.4. The number of hydrogen-bond donors (Lipinski definition) is 0. The lowest BCUT2D eigenvalue weighted by atomic mass is 9.97. The molecule has 0 bridgehead atoms. The third-order valence-electron chi connectivity index (χ3n) is 4.23. The second-order valence-electron chi connectivity index (χ2n) is 5.54. The normalized spacial score (nSPS) is 32.6. The Morgan fingerprint density at radius 3 is 2.69 bits per heavy atom. The Balaban J connectivity index is 1.63. The molecule has 0 amide bonds. The molecule has 0 aromatic heterocycles. The molecule has 0 spiro atoms. The summed E-state index contributed by atoms with van der Waals surface area (Å²) in [5.41, 5.74) is 0. The van der Waals surface area contributed by atoms with Gasteiger partial charge in [0.2, 0.25) is 0 Å². The summed E-state index contributed by atoms with van der Waals surface area (Å²) in [4.78, 5) is 0. The van der Waals surface area contributed by atoms with Crippen molar-refractivity contribution >= 4 is 11.8 Å². The molecule has 1 nitrogen and oxygen atoms in total. The van der Waals surface area contributed by atoms with Crippen molar-refractivity contribution in [3.05, 3.63) is 0 Å². The molecular weight excluding hydrogens is 216 g/mol. The van der Waals surface area contributed by atoms with Gasteiger partial charge >= 0.3 is 0 Å². The van der Waals surface area contributed by atoms with E-state index in [2.05, 4.69) is 13.2 Å². The van der Waals surface area contributed by atoms with Crippen LogP contribution in [0.3, 0.4) is 0 Å². The predicted molar refractivity (Wildman–Crippen MR) is 72.0 cm³/mol. The molecule has 2 aliphatic rings. The lowest BCUT2D eigenvalue weighted by Crippen LogP contribution is -2.24. The van der Waals surface area contributed by atoms with Gasteiger partial charge in [0, 0.05) is 0 Å². The van der Waals surface area contributed by atoms with Gasteiger partial charge in [-0.05, 0) is 56.5 Å². The summed E-state index contributed by atoms with van der Waals surface area (Å²) in [6.07, 6.45) is 13.0. The Hall–Kier alpha value is 0.310. The van der Waals surface area contributed by atoms with Crippen LogP contribution in [0.2, 0.25) is 0 Å². The van der Waals surface area contributed by atoms with Crippen LogP contribution in [0.25, 0.3) is 0 Å². The third-order valence-corrected chi connectivity index (χ3v) is 4.88.